The molecule has 0 bridgehead atoms. The fraction of sp³-hybridized carbons (Fsp3) is 0.400. The summed E-state index contributed by atoms with van der Waals surface area (Å²) in [6, 6.07) is 7.50. The Labute approximate surface area is 88.3 Å². The maximum atomic E-state index is 9.05. The first-order valence-corrected chi connectivity index (χ1v) is 4.84. The van der Waals surface area contributed by atoms with Crippen molar-refractivity contribution in [1.82, 2.24) is 5.32 Å². The van der Waals surface area contributed by atoms with Gasteiger partial charge in [0.15, 0.2) is 0 Å². The standard InChI is InChI=1S/C10H14ClNO2/c11-9-3-1-2-8(4-9)5-12-6-10(14)7-13/h1-4,10,12-14H,5-7H2. The molecule has 1 rings (SSSR count). The molecule has 78 valence electrons. The monoisotopic (exact) mass is 215 g/mol. The van der Waals surface area contributed by atoms with Crippen LogP contribution in [-0.4, -0.2) is 29.5 Å². The van der Waals surface area contributed by atoms with E-state index in [1.54, 1.807) is 0 Å². The summed E-state index contributed by atoms with van der Waals surface area (Å²) in [4.78, 5) is 0. The first-order chi connectivity index (χ1) is 6.72. The second-order valence-electron chi connectivity index (χ2n) is 3.10. The minimum absolute atomic E-state index is 0.220. The van der Waals surface area contributed by atoms with Crippen molar-refractivity contribution in [3.8, 4) is 0 Å². The number of halogens is 1. The highest BCUT2D eigenvalue weighted by molar-refractivity contribution is 6.30. The van der Waals surface area contributed by atoms with Gasteiger partial charge in [0.2, 0.25) is 0 Å². The fourth-order valence-electron chi connectivity index (χ4n) is 1.09. The highest BCUT2D eigenvalue weighted by Gasteiger charge is 2.00. The van der Waals surface area contributed by atoms with E-state index in [9.17, 15) is 0 Å². The molecule has 1 unspecified atom stereocenters. The van der Waals surface area contributed by atoms with Gasteiger partial charge < -0.3 is 15.5 Å². The minimum atomic E-state index is -0.700. The largest absolute Gasteiger partial charge is 0.394 e. The molecule has 0 radical (unpaired) electrons. The molecule has 0 spiro atoms. The van der Waals surface area contributed by atoms with E-state index in [1.807, 2.05) is 24.3 Å². The summed E-state index contributed by atoms with van der Waals surface area (Å²) < 4.78 is 0. The number of hydrogen-bond acceptors (Lipinski definition) is 3. The van der Waals surface area contributed by atoms with Crippen LogP contribution < -0.4 is 5.32 Å². The summed E-state index contributed by atoms with van der Waals surface area (Å²) in [6.07, 6.45) is -0.700. The van der Waals surface area contributed by atoms with Crippen molar-refractivity contribution in [2.24, 2.45) is 0 Å². The Bertz CT molecular complexity index is 281. The third-order valence-corrected chi connectivity index (χ3v) is 2.04. The third-order valence-electron chi connectivity index (χ3n) is 1.81. The van der Waals surface area contributed by atoms with Crippen LogP contribution in [0.4, 0.5) is 0 Å². The molecule has 1 atom stereocenters. The molecule has 0 fully saturated rings. The molecule has 0 aromatic heterocycles. The van der Waals surface area contributed by atoms with Crippen LogP contribution in [0.3, 0.4) is 0 Å². The smallest absolute Gasteiger partial charge is 0.0895 e. The zero-order chi connectivity index (χ0) is 10.4. The normalized spacial score (nSPS) is 12.8. The van der Waals surface area contributed by atoms with Gasteiger partial charge in [-0.3, -0.25) is 0 Å². The Morgan fingerprint density at radius 3 is 2.86 bits per heavy atom. The van der Waals surface area contributed by atoms with E-state index in [4.69, 9.17) is 21.8 Å². The highest BCUT2D eigenvalue weighted by Crippen LogP contribution is 2.09. The zero-order valence-electron chi connectivity index (χ0n) is 7.78. The second-order valence-corrected chi connectivity index (χ2v) is 3.53. The lowest BCUT2D eigenvalue weighted by molar-refractivity contribution is 0.0942. The van der Waals surface area contributed by atoms with Crippen molar-refractivity contribution >= 4 is 11.6 Å². The Morgan fingerprint density at radius 1 is 1.43 bits per heavy atom. The summed E-state index contributed by atoms with van der Waals surface area (Å²) in [6.45, 7) is 0.795. The zero-order valence-corrected chi connectivity index (χ0v) is 8.54. The van der Waals surface area contributed by atoms with E-state index < -0.39 is 6.10 Å². The first kappa shape index (κ1) is 11.5. The number of rotatable bonds is 5. The predicted molar refractivity (Wildman–Crippen MR) is 56.3 cm³/mol. The van der Waals surface area contributed by atoms with E-state index in [2.05, 4.69) is 5.32 Å². The van der Waals surface area contributed by atoms with Gasteiger partial charge in [-0.05, 0) is 17.7 Å². The topological polar surface area (TPSA) is 52.5 Å². The molecular formula is C10H14ClNO2. The maximum absolute atomic E-state index is 9.05. The minimum Gasteiger partial charge on any atom is -0.394 e. The van der Waals surface area contributed by atoms with Crippen molar-refractivity contribution in [2.45, 2.75) is 12.6 Å². The van der Waals surface area contributed by atoms with Crippen LogP contribution in [-0.2, 0) is 6.54 Å². The summed E-state index contributed by atoms with van der Waals surface area (Å²) in [5.41, 5.74) is 1.06. The molecular weight excluding hydrogens is 202 g/mol. The SMILES string of the molecule is OCC(O)CNCc1cccc(Cl)c1. The van der Waals surface area contributed by atoms with Crippen molar-refractivity contribution in [3.63, 3.8) is 0 Å². The van der Waals surface area contributed by atoms with E-state index in [0.29, 0.717) is 18.1 Å². The van der Waals surface area contributed by atoms with Gasteiger partial charge in [0.25, 0.3) is 0 Å². The molecule has 4 heteroatoms. The molecule has 0 aliphatic heterocycles. The lowest BCUT2D eigenvalue weighted by atomic mass is 10.2. The van der Waals surface area contributed by atoms with E-state index >= 15 is 0 Å². The Morgan fingerprint density at radius 2 is 2.21 bits per heavy atom. The van der Waals surface area contributed by atoms with Crippen molar-refractivity contribution in [2.75, 3.05) is 13.2 Å². The number of aliphatic hydroxyl groups excluding tert-OH is 2. The quantitative estimate of drug-likeness (QED) is 0.681. The average molecular weight is 216 g/mol. The number of hydrogen-bond donors (Lipinski definition) is 3. The van der Waals surface area contributed by atoms with Crippen LogP contribution >= 0.6 is 11.6 Å². The van der Waals surface area contributed by atoms with Gasteiger partial charge in [0.1, 0.15) is 0 Å². The number of benzene rings is 1. The van der Waals surface area contributed by atoms with Gasteiger partial charge in [-0.25, -0.2) is 0 Å². The second kappa shape index (κ2) is 5.98. The Kier molecular flexibility index (Phi) is 4.90. The molecule has 1 aromatic carbocycles. The molecule has 3 N–H and O–H groups in total. The van der Waals surface area contributed by atoms with Gasteiger partial charge in [0, 0.05) is 18.1 Å². The molecule has 0 heterocycles. The Hall–Kier alpha value is -0.610. The lowest BCUT2D eigenvalue weighted by Crippen LogP contribution is -2.28. The van der Waals surface area contributed by atoms with Crippen molar-refractivity contribution < 1.29 is 10.2 Å². The molecule has 0 saturated heterocycles. The van der Waals surface area contributed by atoms with Crippen LogP contribution in [0, 0.1) is 0 Å². The average Bonchev–Trinajstić information content (AvgIpc) is 2.17. The summed E-state index contributed by atoms with van der Waals surface area (Å²) in [7, 11) is 0. The van der Waals surface area contributed by atoms with Crippen LogP contribution in [0.2, 0.25) is 5.02 Å². The first-order valence-electron chi connectivity index (χ1n) is 4.46. The lowest BCUT2D eigenvalue weighted by Gasteiger charge is -2.08. The van der Waals surface area contributed by atoms with Gasteiger partial charge in [-0.15, -0.1) is 0 Å². The van der Waals surface area contributed by atoms with Crippen LogP contribution in [0.15, 0.2) is 24.3 Å². The summed E-state index contributed by atoms with van der Waals surface area (Å²) in [5, 5.41) is 21.3. The van der Waals surface area contributed by atoms with Gasteiger partial charge in [-0.2, -0.15) is 0 Å². The molecule has 0 saturated carbocycles. The van der Waals surface area contributed by atoms with E-state index in [-0.39, 0.29) is 6.61 Å². The van der Waals surface area contributed by atoms with Crippen LogP contribution in [0.25, 0.3) is 0 Å². The third kappa shape index (κ3) is 4.07. The van der Waals surface area contributed by atoms with Crippen LogP contribution in [0.1, 0.15) is 5.56 Å². The maximum Gasteiger partial charge on any atom is 0.0895 e. The number of aliphatic hydroxyl groups is 2. The van der Waals surface area contributed by atoms with Gasteiger partial charge in [0.05, 0.1) is 12.7 Å². The fourth-order valence-corrected chi connectivity index (χ4v) is 1.31. The molecule has 14 heavy (non-hydrogen) atoms. The van der Waals surface area contributed by atoms with E-state index in [0.717, 1.165) is 5.56 Å². The van der Waals surface area contributed by atoms with Crippen molar-refractivity contribution in [3.05, 3.63) is 34.9 Å². The summed E-state index contributed by atoms with van der Waals surface area (Å²) in [5.74, 6) is 0. The molecule has 0 aliphatic carbocycles. The molecule has 1 aromatic rings. The molecule has 3 nitrogen and oxygen atoms in total. The predicted octanol–water partition coefficient (Wildman–Crippen LogP) is 0.783. The number of nitrogens with one attached hydrogen (secondary N) is 1. The van der Waals surface area contributed by atoms with E-state index in [1.165, 1.54) is 0 Å². The summed E-state index contributed by atoms with van der Waals surface area (Å²) >= 11 is 5.80. The highest BCUT2D eigenvalue weighted by atomic mass is 35.5. The van der Waals surface area contributed by atoms with Crippen LogP contribution in [0.5, 0.6) is 0 Å². The Balaban J connectivity index is 2.31. The molecule has 0 amide bonds. The molecule has 0 aliphatic rings. The van der Waals surface area contributed by atoms with Crippen molar-refractivity contribution in [1.29, 1.82) is 0 Å². The van der Waals surface area contributed by atoms with Gasteiger partial charge in [-0.1, -0.05) is 23.7 Å². The van der Waals surface area contributed by atoms with Gasteiger partial charge >= 0.3 is 0 Å².